The van der Waals surface area contributed by atoms with Crippen LogP contribution in [0.3, 0.4) is 0 Å². The third-order valence-corrected chi connectivity index (χ3v) is 4.67. The van der Waals surface area contributed by atoms with Crippen LogP contribution < -0.4 is 5.56 Å². The predicted octanol–water partition coefficient (Wildman–Crippen LogP) is 4.53. The molecule has 4 rings (SSSR count). The van der Waals surface area contributed by atoms with E-state index in [0.717, 1.165) is 32.5 Å². The summed E-state index contributed by atoms with van der Waals surface area (Å²) in [6.07, 6.45) is 5.53. The molecule has 4 nitrogen and oxygen atoms in total. The van der Waals surface area contributed by atoms with E-state index in [4.69, 9.17) is 0 Å². The molecule has 5 heteroatoms. The minimum Gasteiger partial charge on any atom is -0.300 e. The summed E-state index contributed by atoms with van der Waals surface area (Å²) in [5, 5.41) is 0. The van der Waals surface area contributed by atoms with Crippen molar-refractivity contribution >= 4 is 21.6 Å². The summed E-state index contributed by atoms with van der Waals surface area (Å²) in [4.78, 5) is 17.5. The van der Waals surface area contributed by atoms with E-state index >= 15 is 0 Å². The summed E-state index contributed by atoms with van der Waals surface area (Å²) < 4.78 is 4.43. The van der Waals surface area contributed by atoms with Gasteiger partial charge in [0.25, 0.3) is 5.56 Å². The van der Waals surface area contributed by atoms with Gasteiger partial charge in [-0.25, -0.2) is 4.98 Å². The minimum absolute atomic E-state index is 0.129. The quantitative estimate of drug-likeness (QED) is 0.501. The van der Waals surface area contributed by atoms with Gasteiger partial charge in [0.05, 0.1) is 5.69 Å². The second-order valence-corrected chi connectivity index (χ2v) is 7.10. The van der Waals surface area contributed by atoms with E-state index in [9.17, 15) is 4.79 Å². The highest BCUT2D eigenvalue weighted by Gasteiger charge is 2.10. The molecule has 0 aliphatic heterocycles. The Kier molecular flexibility index (Phi) is 3.81. The van der Waals surface area contributed by atoms with Crippen molar-refractivity contribution in [2.45, 2.75) is 13.8 Å². The molecule has 0 radical (unpaired) electrons. The number of aromatic nitrogens is 3. The van der Waals surface area contributed by atoms with Crippen molar-refractivity contribution in [1.29, 1.82) is 0 Å². The van der Waals surface area contributed by atoms with Crippen LogP contribution in [0.1, 0.15) is 11.1 Å². The van der Waals surface area contributed by atoms with Crippen LogP contribution in [0.2, 0.25) is 0 Å². The lowest BCUT2D eigenvalue weighted by atomic mass is 10.1. The van der Waals surface area contributed by atoms with E-state index in [-0.39, 0.29) is 5.56 Å². The van der Waals surface area contributed by atoms with Crippen molar-refractivity contribution in [3.8, 4) is 16.9 Å². The first-order valence-corrected chi connectivity index (χ1v) is 8.75. The highest BCUT2D eigenvalue weighted by Crippen LogP contribution is 2.21. The first kappa shape index (κ1) is 15.8. The van der Waals surface area contributed by atoms with Crippen molar-refractivity contribution < 1.29 is 0 Å². The average Bonchev–Trinajstić information content (AvgIpc) is 3.00. The Morgan fingerprint density at radius 3 is 2.32 bits per heavy atom. The van der Waals surface area contributed by atoms with Crippen LogP contribution in [0.5, 0.6) is 0 Å². The summed E-state index contributed by atoms with van der Waals surface area (Å²) >= 11 is 3.43. The number of rotatable bonds is 2. The number of imidazole rings is 1. The molecule has 0 unspecified atom stereocenters. The summed E-state index contributed by atoms with van der Waals surface area (Å²) in [6, 6.07) is 14.0. The molecular weight excluding hydrogens is 378 g/mol. The van der Waals surface area contributed by atoms with E-state index in [1.165, 1.54) is 0 Å². The van der Waals surface area contributed by atoms with Gasteiger partial charge in [-0.05, 0) is 49.2 Å². The molecule has 0 aliphatic carbocycles. The van der Waals surface area contributed by atoms with Crippen LogP contribution in [0.4, 0.5) is 0 Å². The number of nitrogens with zero attached hydrogens (tertiary/aromatic N) is 3. The second-order valence-electron chi connectivity index (χ2n) is 6.18. The molecule has 0 fully saturated rings. The Bertz CT molecular complexity index is 1120. The lowest BCUT2D eigenvalue weighted by molar-refractivity contribution is 0.946. The third-order valence-electron chi connectivity index (χ3n) is 4.14. The maximum Gasteiger partial charge on any atom is 0.298 e. The van der Waals surface area contributed by atoms with Crippen LogP contribution in [-0.2, 0) is 0 Å². The first-order valence-electron chi connectivity index (χ1n) is 7.96. The zero-order valence-electron chi connectivity index (χ0n) is 13.9. The fourth-order valence-electron chi connectivity index (χ4n) is 3.03. The Balaban J connectivity index is 1.88. The fraction of sp³-hybridized carbons (Fsp3) is 0.100. The van der Waals surface area contributed by atoms with Gasteiger partial charge in [0.1, 0.15) is 0 Å². The Labute approximate surface area is 153 Å². The maximum absolute atomic E-state index is 12.9. The molecule has 0 bridgehead atoms. The maximum atomic E-state index is 12.9. The molecule has 4 aromatic rings. The number of fused-ring (bicyclic) bond motifs is 1. The molecule has 0 amide bonds. The molecule has 0 atom stereocenters. The highest BCUT2D eigenvalue weighted by atomic mass is 79.9. The number of aryl methyl sites for hydroxylation is 2. The first-order chi connectivity index (χ1) is 12.0. The van der Waals surface area contributed by atoms with Crippen molar-refractivity contribution in [3.63, 3.8) is 0 Å². The molecule has 0 spiro atoms. The molecule has 0 N–H and O–H groups in total. The molecule has 0 saturated heterocycles. The zero-order chi connectivity index (χ0) is 17.6. The highest BCUT2D eigenvalue weighted by molar-refractivity contribution is 9.10. The van der Waals surface area contributed by atoms with Gasteiger partial charge in [0.15, 0.2) is 0 Å². The number of hydrogen-bond acceptors (Lipinski definition) is 2. The number of halogens is 1. The van der Waals surface area contributed by atoms with E-state index in [0.29, 0.717) is 5.65 Å². The normalized spacial score (nSPS) is 11.2. The molecule has 2 aromatic carbocycles. The Hall–Kier alpha value is -2.66. The summed E-state index contributed by atoms with van der Waals surface area (Å²) in [6.45, 7) is 4.06. The van der Waals surface area contributed by atoms with Gasteiger partial charge in [-0.2, -0.15) is 0 Å². The number of benzene rings is 2. The van der Waals surface area contributed by atoms with Gasteiger partial charge in [0.2, 0.25) is 5.65 Å². The SMILES string of the molecule is Cc1cc(C)cc(-n2ccn3cc(-c4ccc(Br)cc4)nc3c2=O)c1. The van der Waals surface area contributed by atoms with Crippen LogP contribution >= 0.6 is 15.9 Å². The van der Waals surface area contributed by atoms with Gasteiger partial charge in [-0.1, -0.05) is 34.1 Å². The topological polar surface area (TPSA) is 39.3 Å². The average molecular weight is 394 g/mol. The Morgan fingerprint density at radius 2 is 1.64 bits per heavy atom. The lowest BCUT2D eigenvalue weighted by Crippen LogP contribution is -2.20. The van der Waals surface area contributed by atoms with Gasteiger partial charge in [0, 0.05) is 34.3 Å². The van der Waals surface area contributed by atoms with E-state index in [1.807, 2.05) is 62.6 Å². The molecule has 0 aliphatic rings. The van der Waals surface area contributed by atoms with Crippen LogP contribution in [-0.4, -0.2) is 14.0 Å². The van der Waals surface area contributed by atoms with Gasteiger partial charge in [-0.15, -0.1) is 0 Å². The molecule has 25 heavy (non-hydrogen) atoms. The van der Waals surface area contributed by atoms with E-state index < -0.39 is 0 Å². The van der Waals surface area contributed by atoms with Crippen molar-refractivity contribution in [2.75, 3.05) is 0 Å². The minimum atomic E-state index is -0.129. The second kappa shape index (κ2) is 6.01. The molecule has 124 valence electrons. The largest absolute Gasteiger partial charge is 0.300 e. The lowest BCUT2D eigenvalue weighted by Gasteiger charge is -2.08. The van der Waals surface area contributed by atoms with Gasteiger partial charge in [-0.3, -0.25) is 9.36 Å². The zero-order valence-corrected chi connectivity index (χ0v) is 15.5. The predicted molar refractivity (Wildman–Crippen MR) is 103 cm³/mol. The third kappa shape index (κ3) is 2.91. The fourth-order valence-corrected chi connectivity index (χ4v) is 3.30. The van der Waals surface area contributed by atoms with Crippen molar-refractivity contribution in [3.05, 3.63) is 87.0 Å². The van der Waals surface area contributed by atoms with Crippen LogP contribution in [0, 0.1) is 13.8 Å². The van der Waals surface area contributed by atoms with Gasteiger partial charge >= 0.3 is 0 Å². The van der Waals surface area contributed by atoms with Crippen LogP contribution in [0.25, 0.3) is 22.6 Å². The molecule has 2 aromatic heterocycles. The molecule has 2 heterocycles. The monoisotopic (exact) mass is 393 g/mol. The van der Waals surface area contributed by atoms with Gasteiger partial charge < -0.3 is 4.40 Å². The van der Waals surface area contributed by atoms with E-state index in [2.05, 4.69) is 27.0 Å². The van der Waals surface area contributed by atoms with Crippen LogP contribution in [0.15, 0.2) is 70.3 Å². The Morgan fingerprint density at radius 1 is 0.960 bits per heavy atom. The smallest absolute Gasteiger partial charge is 0.298 e. The standard InChI is InChI=1S/C20H16BrN3O/c1-13-9-14(2)11-17(10-13)24-8-7-23-12-18(22-19(23)20(24)25)15-3-5-16(21)6-4-15/h3-12H,1-2H3. The summed E-state index contributed by atoms with van der Waals surface area (Å²) in [7, 11) is 0. The van der Waals surface area contributed by atoms with Crippen molar-refractivity contribution in [2.24, 2.45) is 0 Å². The molecular formula is C20H16BrN3O. The summed E-state index contributed by atoms with van der Waals surface area (Å²) in [5.74, 6) is 0. The summed E-state index contributed by atoms with van der Waals surface area (Å²) in [5.41, 5.74) is 5.15. The van der Waals surface area contributed by atoms with Crippen molar-refractivity contribution in [1.82, 2.24) is 14.0 Å². The molecule has 0 saturated carbocycles. The number of hydrogen-bond donors (Lipinski definition) is 0. The van der Waals surface area contributed by atoms with E-state index in [1.54, 1.807) is 15.2 Å².